The lowest BCUT2D eigenvalue weighted by molar-refractivity contribution is 0.399. The Bertz CT molecular complexity index is 570. The minimum absolute atomic E-state index is 0.147. The Morgan fingerprint density at radius 2 is 2.10 bits per heavy atom. The molecular formula is C15H22N4O. The number of nitrogens with zero attached hydrogens (tertiary/aromatic N) is 2. The van der Waals surface area contributed by atoms with E-state index in [-0.39, 0.29) is 6.04 Å². The first-order valence-corrected chi connectivity index (χ1v) is 6.75. The van der Waals surface area contributed by atoms with Crippen LogP contribution in [0.15, 0.2) is 24.4 Å². The predicted molar refractivity (Wildman–Crippen MR) is 79.5 cm³/mol. The molecule has 20 heavy (non-hydrogen) atoms. The fourth-order valence-corrected chi connectivity index (χ4v) is 2.36. The Kier molecular flexibility index (Phi) is 4.42. The maximum Gasteiger partial charge on any atom is 0.161 e. The molecule has 0 aliphatic rings. The lowest BCUT2D eigenvalue weighted by Gasteiger charge is -2.20. The molecule has 0 radical (unpaired) electrons. The van der Waals surface area contributed by atoms with Gasteiger partial charge in [-0.3, -0.25) is 10.5 Å². The topological polar surface area (TPSA) is 65.1 Å². The first kappa shape index (κ1) is 14.6. The fraction of sp³-hybridized carbons (Fsp3) is 0.400. The normalized spacial score (nSPS) is 12.4. The second-order valence-corrected chi connectivity index (χ2v) is 4.86. The number of nitrogens with two attached hydrogens (primary N) is 1. The van der Waals surface area contributed by atoms with Crippen molar-refractivity contribution < 1.29 is 4.74 Å². The number of hydrazine groups is 1. The summed E-state index contributed by atoms with van der Waals surface area (Å²) in [5.74, 6) is 6.53. The van der Waals surface area contributed by atoms with Gasteiger partial charge in [0.25, 0.3) is 0 Å². The number of aromatic nitrogens is 2. The van der Waals surface area contributed by atoms with E-state index in [4.69, 9.17) is 10.6 Å². The van der Waals surface area contributed by atoms with Crippen LogP contribution in [-0.4, -0.2) is 16.9 Å². The summed E-state index contributed by atoms with van der Waals surface area (Å²) in [7, 11) is 1.65. The first-order chi connectivity index (χ1) is 9.62. The van der Waals surface area contributed by atoms with E-state index in [0.29, 0.717) is 0 Å². The van der Waals surface area contributed by atoms with E-state index in [1.54, 1.807) is 13.3 Å². The molecule has 1 heterocycles. The number of benzene rings is 1. The Labute approximate surface area is 119 Å². The number of hydrogen-bond donors (Lipinski definition) is 2. The van der Waals surface area contributed by atoms with Crippen molar-refractivity contribution in [3.8, 4) is 5.75 Å². The number of nitrogens with one attached hydrogen (secondary N) is 1. The van der Waals surface area contributed by atoms with Crippen LogP contribution < -0.4 is 16.0 Å². The van der Waals surface area contributed by atoms with E-state index in [0.717, 1.165) is 23.6 Å². The Hall–Kier alpha value is -1.85. The lowest BCUT2D eigenvalue weighted by atomic mass is 9.99. The van der Waals surface area contributed by atoms with Crippen molar-refractivity contribution in [3.63, 3.8) is 0 Å². The Morgan fingerprint density at radius 3 is 2.65 bits per heavy atom. The Balaban J connectivity index is 2.51. The number of hydrogen-bond acceptors (Lipinski definition) is 4. The highest BCUT2D eigenvalue weighted by molar-refractivity contribution is 5.39. The highest BCUT2D eigenvalue weighted by Gasteiger charge is 2.22. The molecule has 1 unspecified atom stereocenters. The van der Waals surface area contributed by atoms with E-state index >= 15 is 0 Å². The van der Waals surface area contributed by atoms with Crippen molar-refractivity contribution in [1.82, 2.24) is 15.2 Å². The number of aryl methyl sites for hydroxylation is 3. The van der Waals surface area contributed by atoms with Gasteiger partial charge in [-0.15, -0.1) is 0 Å². The van der Waals surface area contributed by atoms with Crippen LogP contribution in [0.1, 0.15) is 35.3 Å². The van der Waals surface area contributed by atoms with Crippen LogP contribution in [0.4, 0.5) is 0 Å². The third-order valence-corrected chi connectivity index (χ3v) is 3.67. The molecular weight excluding hydrogens is 252 g/mol. The first-order valence-electron chi connectivity index (χ1n) is 6.75. The molecule has 0 amide bonds. The molecule has 0 fully saturated rings. The molecule has 1 atom stereocenters. The quantitative estimate of drug-likeness (QED) is 0.647. The van der Waals surface area contributed by atoms with Gasteiger partial charge in [-0.05, 0) is 37.5 Å². The molecule has 1 aromatic heterocycles. The second kappa shape index (κ2) is 6.07. The summed E-state index contributed by atoms with van der Waals surface area (Å²) < 4.78 is 7.31. The zero-order valence-corrected chi connectivity index (χ0v) is 12.5. The van der Waals surface area contributed by atoms with Crippen molar-refractivity contribution in [1.29, 1.82) is 0 Å². The molecule has 0 aliphatic carbocycles. The van der Waals surface area contributed by atoms with Gasteiger partial charge in [0, 0.05) is 6.54 Å². The van der Waals surface area contributed by atoms with Gasteiger partial charge in [0.05, 0.1) is 19.3 Å². The molecule has 2 aromatic rings. The van der Waals surface area contributed by atoms with Gasteiger partial charge in [-0.25, -0.2) is 5.43 Å². The third kappa shape index (κ3) is 2.55. The van der Waals surface area contributed by atoms with Crippen molar-refractivity contribution in [2.75, 3.05) is 7.11 Å². The van der Waals surface area contributed by atoms with Gasteiger partial charge >= 0.3 is 0 Å². The minimum atomic E-state index is -0.147. The maximum absolute atomic E-state index is 5.78. The molecule has 0 bridgehead atoms. The van der Waals surface area contributed by atoms with Gasteiger partial charge in [-0.2, -0.15) is 5.10 Å². The van der Waals surface area contributed by atoms with Gasteiger partial charge in [0.2, 0.25) is 0 Å². The summed E-state index contributed by atoms with van der Waals surface area (Å²) >= 11 is 0. The van der Waals surface area contributed by atoms with E-state index < -0.39 is 0 Å². The molecule has 2 rings (SSSR count). The van der Waals surface area contributed by atoms with Crippen LogP contribution >= 0.6 is 0 Å². The number of ether oxygens (including phenoxy) is 1. The van der Waals surface area contributed by atoms with Gasteiger partial charge in [0.15, 0.2) is 5.75 Å². The largest absolute Gasteiger partial charge is 0.493 e. The molecule has 5 heteroatoms. The summed E-state index contributed by atoms with van der Waals surface area (Å²) in [6.07, 6.45) is 1.73. The standard InChI is InChI=1S/C15H22N4O/c1-5-19-15(13(20-4)9-17-19)14(18-16)12-7-6-10(2)11(3)8-12/h6-9,14,18H,5,16H2,1-4H3. The molecule has 1 aromatic carbocycles. The van der Waals surface area contributed by atoms with E-state index in [9.17, 15) is 0 Å². The van der Waals surface area contributed by atoms with Gasteiger partial charge in [0.1, 0.15) is 5.69 Å². The summed E-state index contributed by atoms with van der Waals surface area (Å²) in [4.78, 5) is 0. The van der Waals surface area contributed by atoms with E-state index in [1.807, 2.05) is 11.6 Å². The molecule has 0 spiro atoms. The number of rotatable bonds is 5. The molecule has 0 saturated carbocycles. The minimum Gasteiger partial charge on any atom is -0.493 e. The van der Waals surface area contributed by atoms with Crippen LogP contribution in [0.3, 0.4) is 0 Å². The predicted octanol–water partition coefficient (Wildman–Crippen LogP) is 2.08. The smallest absolute Gasteiger partial charge is 0.161 e. The zero-order chi connectivity index (χ0) is 14.7. The molecule has 0 aliphatic heterocycles. The highest BCUT2D eigenvalue weighted by Crippen LogP contribution is 2.30. The summed E-state index contributed by atoms with van der Waals surface area (Å²) in [6.45, 7) is 7.01. The molecule has 3 N–H and O–H groups in total. The third-order valence-electron chi connectivity index (χ3n) is 3.67. The fourth-order valence-electron chi connectivity index (χ4n) is 2.36. The lowest BCUT2D eigenvalue weighted by Crippen LogP contribution is -2.31. The molecule has 108 valence electrons. The van der Waals surface area contributed by atoms with Crippen LogP contribution in [0, 0.1) is 13.8 Å². The summed E-state index contributed by atoms with van der Waals surface area (Å²) in [5.41, 5.74) is 7.43. The van der Waals surface area contributed by atoms with Crippen molar-refractivity contribution >= 4 is 0 Å². The van der Waals surface area contributed by atoms with Crippen LogP contribution in [0.5, 0.6) is 5.75 Å². The van der Waals surface area contributed by atoms with Crippen LogP contribution in [0.25, 0.3) is 0 Å². The van der Waals surface area contributed by atoms with E-state index in [2.05, 4.69) is 42.6 Å². The van der Waals surface area contributed by atoms with Crippen molar-refractivity contribution in [2.45, 2.75) is 33.4 Å². The molecule has 5 nitrogen and oxygen atoms in total. The van der Waals surface area contributed by atoms with Crippen molar-refractivity contribution in [3.05, 3.63) is 46.8 Å². The average Bonchev–Trinajstić information content (AvgIpc) is 2.86. The second-order valence-electron chi connectivity index (χ2n) is 4.86. The maximum atomic E-state index is 5.78. The average molecular weight is 274 g/mol. The number of methoxy groups -OCH3 is 1. The van der Waals surface area contributed by atoms with E-state index in [1.165, 1.54) is 11.1 Å². The summed E-state index contributed by atoms with van der Waals surface area (Å²) in [5, 5.41) is 4.34. The zero-order valence-electron chi connectivity index (χ0n) is 12.5. The SMILES string of the molecule is CCn1ncc(OC)c1C(NN)c1ccc(C)c(C)c1. The van der Waals surface area contributed by atoms with Crippen LogP contribution in [0.2, 0.25) is 0 Å². The highest BCUT2D eigenvalue weighted by atomic mass is 16.5. The summed E-state index contributed by atoms with van der Waals surface area (Å²) in [6, 6.07) is 6.19. The van der Waals surface area contributed by atoms with Gasteiger partial charge in [-0.1, -0.05) is 18.2 Å². The van der Waals surface area contributed by atoms with Gasteiger partial charge < -0.3 is 4.74 Å². The molecule has 0 saturated heterocycles. The Morgan fingerprint density at radius 1 is 1.35 bits per heavy atom. The van der Waals surface area contributed by atoms with Crippen LogP contribution in [-0.2, 0) is 6.54 Å². The van der Waals surface area contributed by atoms with Crippen molar-refractivity contribution in [2.24, 2.45) is 5.84 Å². The monoisotopic (exact) mass is 274 g/mol.